The SMILES string of the molecule is NC(Cc1ccc(N2CC(CNC(=O)c3ccc(Cl)s3)OC2=O)cc1)=NCC(F)(F)F. The summed E-state index contributed by atoms with van der Waals surface area (Å²) in [6.07, 6.45) is -5.44. The molecule has 0 radical (unpaired) electrons. The summed E-state index contributed by atoms with van der Waals surface area (Å²) in [5.74, 6) is -0.436. The van der Waals surface area contributed by atoms with E-state index in [1.54, 1.807) is 36.4 Å². The van der Waals surface area contributed by atoms with Crippen LogP contribution in [0.3, 0.4) is 0 Å². The van der Waals surface area contributed by atoms with E-state index in [0.29, 0.717) is 20.5 Å². The third-order valence-electron chi connectivity index (χ3n) is 4.26. The summed E-state index contributed by atoms with van der Waals surface area (Å²) in [4.78, 5) is 29.4. The number of hydrogen-bond acceptors (Lipinski definition) is 5. The molecule has 1 fully saturated rings. The zero-order valence-electron chi connectivity index (χ0n) is 16.0. The van der Waals surface area contributed by atoms with E-state index in [1.807, 2.05) is 0 Å². The van der Waals surface area contributed by atoms with Crippen LogP contribution in [0.1, 0.15) is 15.2 Å². The first-order valence-electron chi connectivity index (χ1n) is 9.07. The molecule has 1 aromatic carbocycles. The maximum Gasteiger partial charge on any atom is 0.414 e. The van der Waals surface area contributed by atoms with Crippen molar-refractivity contribution in [3.05, 3.63) is 51.2 Å². The Balaban J connectivity index is 1.53. The summed E-state index contributed by atoms with van der Waals surface area (Å²) in [7, 11) is 0. The van der Waals surface area contributed by atoms with E-state index in [0.717, 1.165) is 11.3 Å². The molecule has 1 aromatic heterocycles. The lowest BCUT2D eigenvalue weighted by Gasteiger charge is -2.14. The fraction of sp³-hybridized carbons (Fsp3) is 0.316. The highest BCUT2D eigenvalue weighted by molar-refractivity contribution is 7.18. The van der Waals surface area contributed by atoms with Crippen LogP contribution in [0.15, 0.2) is 41.4 Å². The molecular formula is C19H18ClF3N4O3S. The maximum absolute atomic E-state index is 12.2. The number of carbonyl (C=O) groups is 2. The number of amides is 2. The second kappa shape index (κ2) is 9.56. The Hall–Kier alpha value is -2.79. The Morgan fingerprint density at radius 1 is 1.29 bits per heavy atom. The number of thiophene rings is 1. The molecule has 31 heavy (non-hydrogen) atoms. The van der Waals surface area contributed by atoms with E-state index in [9.17, 15) is 22.8 Å². The second-order valence-electron chi connectivity index (χ2n) is 6.70. The molecule has 1 saturated heterocycles. The van der Waals surface area contributed by atoms with Crippen LogP contribution in [-0.2, 0) is 11.2 Å². The number of cyclic esters (lactones) is 1. The topological polar surface area (TPSA) is 97.0 Å². The van der Waals surface area contributed by atoms with E-state index in [2.05, 4.69) is 10.3 Å². The molecule has 3 N–H and O–H groups in total. The van der Waals surface area contributed by atoms with Crippen LogP contribution in [0.4, 0.5) is 23.7 Å². The highest BCUT2D eigenvalue weighted by atomic mass is 35.5. The number of amidine groups is 1. The molecule has 1 unspecified atom stereocenters. The van der Waals surface area contributed by atoms with E-state index in [-0.39, 0.29) is 31.3 Å². The van der Waals surface area contributed by atoms with E-state index in [4.69, 9.17) is 22.1 Å². The van der Waals surface area contributed by atoms with Crippen molar-refractivity contribution in [1.29, 1.82) is 0 Å². The summed E-state index contributed by atoms with van der Waals surface area (Å²) in [5, 5.41) is 2.70. The molecule has 2 heterocycles. The Morgan fingerprint density at radius 3 is 2.61 bits per heavy atom. The number of halogens is 4. The quantitative estimate of drug-likeness (QED) is 0.473. The van der Waals surface area contributed by atoms with Crippen LogP contribution < -0.4 is 16.0 Å². The Bertz CT molecular complexity index is 979. The molecule has 3 rings (SSSR count). The highest BCUT2D eigenvalue weighted by Gasteiger charge is 2.32. The first-order chi connectivity index (χ1) is 14.6. The first kappa shape index (κ1) is 22.9. The van der Waals surface area contributed by atoms with Gasteiger partial charge in [0.2, 0.25) is 0 Å². The fourth-order valence-corrected chi connectivity index (χ4v) is 3.78. The average molecular weight is 475 g/mol. The maximum atomic E-state index is 12.2. The zero-order chi connectivity index (χ0) is 22.6. The van der Waals surface area contributed by atoms with Gasteiger partial charge in [-0.1, -0.05) is 23.7 Å². The summed E-state index contributed by atoms with van der Waals surface area (Å²) in [6, 6.07) is 9.81. The number of anilines is 1. The molecule has 1 atom stereocenters. The number of nitrogens with zero attached hydrogens (tertiary/aromatic N) is 2. The van der Waals surface area contributed by atoms with Gasteiger partial charge in [-0.05, 0) is 29.8 Å². The van der Waals surface area contributed by atoms with Crippen molar-refractivity contribution in [2.75, 3.05) is 24.5 Å². The minimum Gasteiger partial charge on any atom is -0.442 e. The van der Waals surface area contributed by atoms with Crippen molar-refractivity contribution in [3.8, 4) is 0 Å². The van der Waals surface area contributed by atoms with Crippen LogP contribution in [0.2, 0.25) is 4.34 Å². The molecule has 1 aliphatic heterocycles. The predicted molar refractivity (Wildman–Crippen MR) is 112 cm³/mol. The van der Waals surface area contributed by atoms with Gasteiger partial charge >= 0.3 is 12.3 Å². The number of nitrogens with two attached hydrogens (primary N) is 1. The number of ether oxygens (including phenoxy) is 1. The van der Waals surface area contributed by atoms with Crippen LogP contribution >= 0.6 is 22.9 Å². The number of rotatable bonds is 7. The fourth-order valence-electron chi connectivity index (χ4n) is 2.82. The molecular weight excluding hydrogens is 457 g/mol. The standard InChI is InChI=1S/C19H18ClF3N4O3S/c20-15-6-5-14(31-15)17(28)25-8-13-9-27(18(29)30-13)12-3-1-11(2-4-12)7-16(24)26-10-19(21,22)23/h1-6,13H,7-10H2,(H2,24,26)(H,25,28). The predicted octanol–water partition coefficient (Wildman–Crippen LogP) is 3.62. The summed E-state index contributed by atoms with van der Waals surface area (Å²) < 4.78 is 42.4. The molecule has 2 amide bonds. The largest absolute Gasteiger partial charge is 0.442 e. The van der Waals surface area contributed by atoms with Gasteiger partial charge in [-0.15, -0.1) is 11.3 Å². The highest BCUT2D eigenvalue weighted by Crippen LogP contribution is 2.23. The van der Waals surface area contributed by atoms with Crippen LogP contribution in [-0.4, -0.2) is 49.8 Å². The molecule has 12 heteroatoms. The summed E-state index contributed by atoms with van der Waals surface area (Å²) >= 11 is 6.96. The van der Waals surface area contributed by atoms with Gasteiger partial charge in [0.25, 0.3) is 5.91 Å². The lowest BCUT2D eigenvalue weighted by atomic mass is 10.1. The second-order valence-corrected chi connectivity index (χ2v) is 8.41. The summed E-state index contributed by atoms with van der Waals surface area (Å²) in [6.45, 7) is -0.951. The minimum absolute atomic E-state index is 0.0577. The normalized spacial score (nSPS) is 17.0. The van der Waals surface area contributed by atoms with Crippen molar-refractivity contribution in [1.82, 2.24) is 5.32 Å². The van der Waals surface area contributed by atoms with Gasteiger partial charge in [-0.2, -0.15) is 13.2 Å². The van der Waals surface area contributed by atoms with Gasteiger partial charge < -0.3 is 15.8 Å². The minimum atomic E-state index is -4.41. The third-order valence-corrected chi connectivity index (χ3v) is 5.49. The smallest absolute Gasteiger partial charge is 0.414 e. The van der Waals surface area contributed by atoms with E-state index < -0.39 is 24.9 Å². The molecule has 0 spiro atoms. The molecule has 7 nitrogen and oxygen atoms in total. The molecule has 0 aliphatic carbocycles. The number of aliphatic imine (C=N–C) groups is 1. The van der Waals surface area contributed by atoms with Crippen LogP contribution in [0.5, 0.6) is 0 Å². The number of carbonyl (C=O) groups excluding carboxylic acids is 2. The van der Waals surface area contributed by atoms with Crippen LogP contribution in [0.25, 0.3) is 0 Å². The Kier molecular flexibility index (Phi) is 7.06. The number of benzene rings is 1. The number of nitrogens with one attached hydrogen (secondary N) is 1. The lowest BCUT2D eigenvalue weighted by Crippen LogP contribution is -2.34. The third kappa shape index (κ3) is 6.59. The molecule has 2 aromatic rings. The Labute approximate surface area is 184 Å². The molecule has 166 valence electrons. The van der Waals surface area contributed by atoms with Gasteiger partial charge in [0.05, 0.1) is 28.1 Å². The van der Waals surface area contributed by atoms with E-state index >= 15 is 0 Å². The van der Waals surface area contributed by atoms with Crippen LogP contribution in [0, 0.1) is 0 Å². The lowest BCUT2D eigenvalue weighted by molar-refractivity contribution is -0.118. The zero-order valence-corrected chi connectivity index (χ0v) is 17.6. The van der Waals surface area contributed by atoms with Gasteiger partial charge in [0.1, 0.15) is 12.6 Å². The van der Waals surface area contributed by atoms with Gasteiger partial charge in [-0.3, -0.25) is 14.7 Å². The van der Waals surface area contributed by atoms with Gasteiger partial charge in [-0.25, -0.2) is 4.79 Å². The molecule has 0 bridgehead atoms. The van der Waals surface area contributed by atoms with Gasteiger partial charge in [0, 0.05) is 12.1 Å². The van der Waals surface area contributed by atoms with Crippen molar-refractivity contribution < 1.29 is 27.5 Å². The molecule has 0 saturated carbocycles. The molecule has 1 aliphatic rings. The van der Waals surface area contributed by atoms with Crippen molar-refractivity contribution >= 4 is 46.5 Å². The first-order valence-corrected chi connectivity index (χ1v) is 10.3. The van der Waals surface area contributed by atoms with Crippen molar-refractivity contribution in [2.24, 2.45) is 10.7 Å². The average Bonchev–Trinajstić information content (AvgIpc) is 3.30. The summed E-state index contributed by atoms with van der Waals surface area (Å²) in [5.41, 5.74) is 6.74. The van der Waals surface area contributed by atoms with Crippen molar-refractivity contribution in [3.63, 3.8) is 0 Å². The number of hydrogen-bond donors (Lipinski definition) is 2. The van der Waals surface area contributed by atoms with Gasteiger partial charge in [0.15, 0.2) is 0 Å². The van der Waals surface area contributed by atoms with E-state index in [1.165, 1.54) is 4.90 Å². The van der Waals surface area contributed by atoms with Crippen molar-refractivity contribution in [2.45, 2.75) is 18.7 Å². The monoisotopic (exact) mass is 474 g/mol. The number of alkyl halides is 3. The Morgan fingerprint density at radius 2 is 2.00 bits per heavy atom.